The number of pyridine rings is 1. The van der Waals surface area contributed by atoms with Crippen LogP contribution in [-0.4, -0.2) is 17.1 Å². The van der Waals surface area contributed by atoms with E-state index in [4.69, 9.17) is 4.74 Å². The zero-order valence-corrected chi connectivity index (χ0v) is 10.8. The Balaban J connectivity index is 2.82. The van der Waals surface area contributed by atoms with Crippen LogP contribution in [0.5, 0.6) is 0 Å². The fraction of sp³-hybridized carbons (Fsp3) is 0.538. The zero-order chi connectivity index (χ0) is 13.0. The Kier molecular flexibility index (Phi) is 4.49. The molecule has 0 saturated heterocycles. The molecule has 1 atom stereocenters. The predicted molar refractivity (Wildman–Crippen MR) is 65.9 cm³/mol. The average Bonchev–Trinajstić information content (AvgIpc) is 2.28. The van der Waals surface area contributed by atoms with Crippen LogP contribution in [0.3, 0.4) is 0 Å². The summed E-state index contributed by atoms with van der Waals surface area (Å²) in [6, 6.07) is 2.90. The van der Waals surface area contributed by atoms with Crippen LogP contribution in [0.1, 0.15) is 32.4 Å². The Labute approximate surface area is 101 Å². The quantitative estimate of drug-likeness (QED) is 0.752. The van der Waals surface area contributed by atoms with Gasteiger partial charge in [-0.25, -0.2) is 4.79 Å². The lowest BCUT2D eigenvalue weighted by atomic mass is 10.2. The first-order valence-corrected chi connectivity index (χ1v) is 5.78. The molecule has 0 radical (unpaired) electrons. The first-order valence-electron chi connectivity index (χ1n) is 5.78. The van der Waals surface area contributed by atoms with E-state index in [0.717, 1.165) is 0 Å². The van der Waals surface area contributed by atoms with Gasteiger partial charge in [-0.1, -0.05) is 19.9 Å². The summed E-state index contributed by atoms with van der Waals surface area (Å²) < 4.78 is 6.52. The number of aryl methyl sites for hydroxylation is 1. The molecule has 0 N–H and O–H groups in total. The molecule has 1 aromatic rings. The second-order valence-electron chi connectivity index (χ2n) is 4.60. The van der Waals surface area contributed by atoms with Gasteiger partial charge in [-0.05, 0) is 25.8 Å². The molecule has 17 heavy (non-hydrogen) atoms. The van der Waals surface area contributed by atoms with E-state index in [2.05, 4.69) is 0 Å². The molecular weight excluding hydrogens is 218 g/mol. The second kappa shape index (κ2) is 5.66. The van der Waals surface area contributed by atoms with Crippen molar-refractivity contribution in [3.05, 3.63) is 34.2 Å². The minimum atomic E-state index is -0.582. The van der Waals surface area contributed by atoms with Gasteiger partial charge in [0.05, 0.1) is 6.61 Å². The van der Waals surface area contributed by atoms with Gasteiger partial charge >= 0.3 is 5.97 Å². The van der Waals surface area contributed by atoms with Crippen molar-refractivity contribution in [1.29, 1.82) is 0 Å². The first-order chi connectivity index (χ1) is 7.93. The smallest absolute Gasteiger partial charge is 0.328 e. The molecule has 1 unspecified atom stereocenters. The number of hydrogen-bond acceptors (Lipinski definition) is 3. The van der Waals surface area contributed by atoms with E-state index in [9.17, 15) is 9.59 Å². The normalized spacial score (nSPS) is 12.5. The van der Waals surface area contributed by atoms with Crippen molar-refractivity contribution in [2.24, 2.45) is 5.92 Å². The topological polar surface area (TPSA) is 48.3 Å². The molecule has 1 heterocycles. The Morgan fingerprint density at radius 3 is 2.65 bits per heavy atom. The molecule has 94 valence electrons. The minimum Gasteiger partial charge on any atom is -0.464 e. The van der Waals surface area contributed by atoms with Crippen molar-refractivity contribution in [3.63, 3.8) is 0 Å². The Hall–Kier alpha value is -1.58. The lowest BCUT2D eigenvalue weighted by molar-refractivity contribution is -0.148. The van der Waals surface area contributed by atoms with E-state index in [0.29, 0.717) is 18.1 Å². The molecule has 1 aromatic heterocycles. The van der Waals surface area contributed by atoms with Crippen molar-refractivity contribution in [2.75, 3.05) is 6.61 Å². The fourth-order valence-corrected chi connectivity index (χ4v) is 1.41. The van der Waals surface area contributed by atoms with Gasteiger partial charge < -0.3 is 9.30 Å². The average molecular weight is 237 g/mol. The van der Waals surface area contributed by atoms with E-state index < -0.39 is 6.04 Å². The molecule has 0 aromatic carbocycles. The predicted octanol–water partition coefficient (Wildman–Crippen LogP) is 1.92. The summed E-state index contributed by atoms with van der Waals surface area (Å²) >= 11 is 0. The molecule has 0 aliphatic heterocycles. The summed E-state index contributed by atoms with van der Waals surface area (Å²) in [4.78, 5) is 23.5. The lowest BCUT2D eigenvalue weighted by Gasteiger charge is -2.15. The van der Waals surface area contributed by atoms with Crippen molar-refractivity contribution in [3.8, 4) is 0 Å². The number of hydrogen-bond donors (Lipinski definition) is 0. The molecule has 0 saturated carbocycles. The summed E-state index contributed by atoms with van der Waals surface area (Å²) in [7, 11) is 0. The summed E-state index contributed by atoms with van der Waals surface area (Å²) in [6.07, 6.45) is 1.61. The summed E-state index contributed by atoms with van der Waals surface area (Å²) in [5, 5.41) is 0. The fourth-order valence-electron chi connectivity index (χ4n) is 1.41. The maximum atomic E-state index is 11.8. The second-order valence-corrected chi connectivity index (χ2v) is 4.60. The number of ether oxygens (including phenoxy) is 1. The van der Waals surface area contributed by atoms with E-state index in [1.165, 1.54) is 4.57 Å². The van der Waals surface area contributed by atoms with E-state index in [1.54, 1.807) is 32.2 Å². The third kappa shape index (κ3) is 3.44. The van der Waals surface area contributed by atoms with Gasteiger partial charge in [0.2, 0.25) is 0 Å². The Morgan fingerprint density at radius 2 is 2.06 bits per heavy atom. The monoisotopic (exact) mass is 237 g/mol. The number of aromatic nitrogens is 1. The highest BCUT2D eigenvalue weighted by atomic mass is 16.5. The van der Waals surface area contributed by atoms with Crippen molar-refractivity contribution in [2.45, 2.75) is 33.7 Å². The first kappa shape index (κ1) is 13.5. The standard InChI is InChI=1S/C13H19NO3/c1-9(2)8-17-13(16)11(4)14-7-5-6-10(3)12(14)15/h5-7,9,11H,8H2,1-4H3. The third-order valence-corrected chi connectivity index (χ3v) is 2.48. The van der Waals surface area contributed by atoms with Crippen LogP contribution in [-0.2, 0) is 9.53 Å². The number of rotatable bonds is 4. The van der Waals surface area contributed by atoms with E-state index in [-0.39, 0.29) is 11.5 Å². The Morgan fingerprint density at radius 1 is 1.41 bits per heavy atom. The molecule has 1 rings (SSSR count). The lowest BCUT2D eigenvalue weighted by Crippen LogP contribution is -2.30. The zero-order valence-electron chi connectivity index (χ0n) is 10.8. The highest BCUT2D eigenvalue weighted by molar-refractivity contribution is 5.73. The van der Waals surface area contributed by atoms with Crippen LogP contribution >= 0.6 is 0 Å². The molecular formula is C13H19NO3. The minimum absolute atomic E-state index is 0.151. The molecule has 0 amide bonds. The van der Waals surface area contributed by atoms with Gasteiger partial charge in [0.15, 0.2) is 0 Å². The van der Waals surface area contributed by atoms with Crippen molar-refractivity contribution >= 4 is 5.97 Å². The molecule has 4 nitrogen and oxygen atoms in total. The van der Waals surface area contributed by atoms with E-state index in [1.807, 2.05) is 13.8 Å². The van der Waals surface area contributed by atoms with E-state index >= 15 is 0 Å². The summed E-state index contributed by atoms with van der Waals surface area (Å²) in [5.74, 6) is -0.0771. The SMILES string of the molecule is Cc1cccn(C(C)C(=O)OCC(C)C)c1=O. The molecule has 0 spiro atoms. The van der Waals surface area contributed by atoms with Crippen molar-refractivity contribution in [1.82, 2.24) is 4.57 Å². The molecule has 0 aliphatic rings. The Bertz CT molecular complexity index is 448. The number of carbonyl (C=O) groups excluding carboxylic acids is 1. The largest absolute Gasteiger partial charge is 0.464 e. The maximum Gasteiger partial charge on any atom is 0.328 e. The highest BCUT2D eigenvalue weighted by Gasteiger charge is 2.18. The number of carbonyl (C=O) groups is 1. The molecule has 0 aliphatic carbocycles. The van der Waals surface area contributed by atoms with Crippen molar-refractivity contribution < 1.29 is 9.53 Å². The van der Waals surface area contributed by atoms with Gasteiger partial charge in [0.25, 0.3) is 5.56 Å². The molecule has 0 bridgehead atoms. The van der Waals surface area contributed by atoms with Gasteiger partial charge in [-0.15, -0.1) is 0 Å². The van der Waals surface area contributed by atoms with Crippen LogP contribution in [0.4, 0.5) is 0 Å². The van der Waals surface area contributed by atoms with Crippen LogP contribution in [0.25, 0.3) is 0 Å². The van der Waals surface area contributed by atoms with Crippen LogP contribution in [0.15, 0.2) is 23.1 Å². The summed E-state index contributed by atoms with van der Waals surface area (Å²) in [6.45, 7) is 7.71. The van der Waals surface area contributed by atoms with Gasteiger partial charge in [0.1, 0.15) is 6.04 Å². The van der Waals surface area contributed by atoms with Gasteiger partial charge in [0, 0.05) is 11.8 Å². The molecule has 4 heteroatoms. The van der Waals surface area contributed by atoms with Crippen LogP contribution in [0, 0.1) is 12.8 Å². The summed E-state index contributed by atoms with van der Waals surface area (Å²) in [5.41, 5.74) is 0.470. The van der Waals surface area contributed by atoms with Crippen LogP contribution < -0.4 is 5.56 Å². The highest BCUT2D eigenvalue weighted by Crippen LogP contribution is 2.06. The number of nitrogens with zero attached hydrogens (tertiary/aromatic N) is 1. The third-order valence-electron chi connectivity index (χ3n) is 2.48. The van der Waals surface area contributed by atoms with Crippen LogP contribution in [0.2, 0.25) is 0 Å². The maximum absolute atomic E-state index is 11.8. The van der Waals surface area contributed by atoms with Gasteiger partial charge in [-0.3, -0.25) is 4.79 Å². The van der Waals surface area contributed by atoms with Gasteiger partial charge in [-0.2, -0.15) is 0 Å². The number of esters is 1. The molecule has 0 fully saturated rings.